The summed E-state index contributed by atoms with van der Waals surface area (Å²) in [6, 6.07) is 3.46. The lowest BCUT2D eigenvalue weighted by Crippen LogP contribution is -2.40. The molecule has 7 nitrogen and oxygen atoms in total. The van der Waals surface area contributed by atoms with E-state index in [2.05, 4.69) is 16.8 Å². The van der Waals surface area contributed by atoms with Gasteiger partial charge in [0, 0.05) is 6.26 Å². The smallest absolute Gasteiger partial charge is 0.535 e. The third-order valence-corrected chi connectivity index (χ3v) is 6.48. The molecule has 1 unspecified atom stereocenters. The van der Waals surface area contributed by atoms with Crippen LogP contribution in [0, 0.1) is 0 Å². The van der Waals surface area contributed by atoms with Crippen molar-refractivity contribution in [2.45, 2.75) is 20.8 Å². The molecule has 11 heteroatoms. The van der Waals surface area contributed by atoms with Gasteiger partial charge in [-0.05, 0) is 18.1 Å². The number of anilines is 1. The van der Waals surface area contributed by atoms with Crippen LogP contribution in [0.1, 0.15) is 11.1 Å². The fourth-order valence-corrected chi connectivity index (χ4v) is 5.13. The molecule has 0 fully saturated rings. The maximum atomic E-state index is 11.9. The van der Waals surface area contributed by atoms with Gasteiger partial charge in [0.2, 0.25) is 5.13 Å². The second-order valence-corrected chi connectivity index (χ2v) is 8.95. The Morgan fingerprint density at radius 1 is 1.58 bits per heavy atom. The first kappa shape index (κ1) is 17.3. The molecule has 2 atom stereocenters. The molecule has 1 aromatic heterocycles. The first-order chi connectivity index (χ1) is 11.4. The van der Waals surface area contributed by atoms with E-state index in [9.17, 15) is 14.3 Å². The summed E-state index contributed by atoms with van der Waals surface area (Å²) in [4.78, 5) is 0.413. The minimum Gasteiger partial charge on any atom is -0.535 e. The van der Waals surface area contributed by atoms with Crippen molar-refractivity contribution in [3.63, 3.8) is 0 Å². The summed E-state index contributed by atoms with van der Waals surface area (Å²) in [5.41, 5.74) is 6.63. The number of fused-ring (bicyclic) bond motifs is 1. The molecule has 1 aliphatic rings. The second-order valence-electron chi connectivity index (χ2n) is 5.10. The molecule has 0 saturated heterocycles. The SMILES string of the molecule is C=C(O)c1c(S(C)=O)ccc2c1OB(O)[C@@H](Sc1nnc(N)s1)C2. The predicted molar refractivity (Wildman–Crippen MR) is 96.7 cm³/mol. The Labute approximate surface area is 149 Å². The normalized spacial score (nSPS) is 17.9. The van der Waals surface area contributed by atoms with Crippen molar-refractivity contribution < 1.29 is 19.0 Å². The number of hydrogen-bond donors (Lipinski definition) is 3. The third-order valence-electron chi connectivity index (χ3n) is 3.45. The van der Waals surface area contributed by atoms with Crippen LogP contribution in [0.3, 0.4) is 0 Å². The highest BCUT2D eigenvalue weighted by Gasteiger charge is 2.38. The van der Waals surface area contributed by atoms with E-state index in [-0.39, 0.29) is 16.5 Å². The highest BCUT2D eigenvalue weighted by Crippen LogP contribution is 2.40. The Kier molecular flexibility index (Phi) is 4.86. The first-order valence-electron chi connectivity index (χ1n) is 6.84. The summed E-state index contributed by atoms with van der Waals surface area (Å²) in [7, 11) is -2.45. The van der Waals surface area contributed by atoms with E-state index < -0.39 is 17.9 Å². The number of nitrogens with two attached hydrogens (primary N) is 1. The average molecular weight is 383 g/mol. The standard InChI is InChI=1S/C13H14BN3O4S3/c1-6(18)10-8(24(2)20)4-3-7-5-9(14(19)21-11(7)10)22-13-17-16-12(15)23-13/h3-4,9,18-19H,1,5H2,2H3,(H2,15,16)/t9-,24?/m0/s1. The second kappa shape index (κ2) is 6.75. The fraction of sp³-hybridized carbons (Fsp3) is 0.231. The van der Waals surface area contributed by atoms with Gasteiger partial charge in [0.1, 0.15) is 11.5 Å². The zero-order chi connectivity index (χ0) is 17.4. The summed E-state index contributed by atoms with van der Waals surface area (Å²) in [6.45, 7) is 3.51. The van der Waals surface area contributed by atoms with Crippen molar-refractivity contribution in [1.29, 1.82) is 0 Å². The van der Waals surface area contributed by atoms with E-state index >= 15 is 0 Å². The molecule has 3 rings (SSSR count). The van der Waals surface area contributed by atoms with Crippen molar-refractivity contribution in [3.8, 4) is 5.75 Å². The number of aliphatic hydroxyl groups excluding tert-OH is 1. The van der Waals surface area contributed by atoms with Crippen LogP contribution >= 0.6 is 23.1 Å². The number of rotatable bonds is 4. The molecule has 4 N–H and O–H groups in total. The number of nitrogen functional groups attached to an aromatic ring is 1. The zero-order valence-corrected chi connectivity index (χ0v) is 15.1. The van der Waals surface area contributed by atoms with Crippen molar-refractivity contribution >= 4 is 51.9 Å². The summed E-state index contributed by atoms with van der Waals surface area (Å²) >= 11 is 2.56. The van der Waals surface area contributed by atoms with Gasteiger partial charge in [0.25, 0.3) is 0 Å². The van der Waals surface area contributed by atoms with Crippen LogP contribution in [-0.2, 0) is 17.2 Å². The predicted octanol–water partition coefficient (Wildman–Crippen LogP) is 1.50. The van der Waals surface area contributed by atoms with E-state index in [0.29, 0.717) is 26.5 Å². The van der Waals surface area contributed by atoms with Crippen LogP contribution < -0.4 is 10.4 Å². The van der Waals surface area contributed by atoms with Crippen LogP contribution in [0.2, 0.25) is 0 Å². The fourth-order valence-electron chi connectivity index (χ4n) is 2.43. The highest BCUT2D eigenvalue weighted by molar-refractivity contribution is 8.02. The highest BCUT2D eigenvalue weighted by atomic mass is 32.2. The number of hydrogen-bond acceptors (Lipinski definition) is 9. The Morgan fingerprint density at radius 3 is 2.92 bits per heavy atom. The van der Waals surface area contributed by atoms with Gasteiger partial charge in [0.05, 0.1) is 26.4 Å². The molecular weight excluding hydrogens is 369 g/mol. The van der Waals surface area contributed by atoms with Crippen molar-refractivity contribution in [1.82, 2.24) is 10.2 Å². The molecule has 2 heterocycles. The number of benzene rings is 1. The molecule has 0 saturated carbocycles. The van der Waals surface area contributed by atoms with Gasteiger partial charge in [0.15, 0.2) is 4.34 Å². The maximum absolute atomic E-state index is 11.9. The Morgan fingerprint density at radius 2 is 2.33 bits per heavy atom. The monoisotopic (exact) mass is 383 g/mol. The molecule has 2 aromatic rings. The van der Waals surface area contributed by atoms with E-state index in [0.717, 1.165) is 5.56 Å². The van der Waals surface area contributed by atoms with Gasteiger partial charge in [-0.25, -0.2) is 0 Å². The van der Waals surface area contributed by atoms with Crippen LogP contribution in [0.4, 0.5) is 5.13 Å². The molecule has 0 radical (unpaired) electrons. The number of aromatic nitrogens is 2. The van der Waals surface area contributed by atoms with Crippen molar-refractivity contribution in [2.75, 3.05) is 12.0 Å². The largest absolute Gasteiger partial charge is 0.537 e. The quantitative estimate of drug-likeness (QED) is 0.537. The molecule has 24 heavy (non-hydrogen) atoms. The number of aliphatic hydroxyl groups is 1. The van der Waals surface area contributed by atoms with E-state index in [1.165, 1.54) is 29.4 Å². The molecule has 0 amide bonds. The van der Waals surface area contributed by atoms with E-state index in [1.54, 1.807) is 12.1 Å². The lowest BCUT2D eigenvalue weighted by atomic mass is 9.77. The van der Waals surface area contributed by atoms with Crippen LogP contribution in [-0.4, -0.2) is 43.1 Å². The molecule has 0 aliphatic carbocycles. The minimum absolute atomic E-state index is 0.243. The van der Waals surface area contributed by atoms with Gasteiger partial charge in [-0.2, -0.15) is 0 Å². The minimum atomic E-state index is -1.33. The Hall–Kier alpha value is -1.56. The molecule has 1 aromatic carbocycles. The van der Waals surface area contributed by atoms with Crippen molar-refractivity contribution in [2.24, 2.45) is 0 Å². The average Bonchev–Trinajstić information content (AvgIpc) is 2.91. The van der Waals surface area contributed by atoms with Gasteiger partial charge in [-0.1, -0.05) is 35.7 Å². The van der Waals surface area contributed by atoms with Gasteiger partial charge in [-0.15, -0.1) is 10.2 Å². The summed E-state index contributed by atoms with van der Waals surface area (Å²) in [5.74, 6) is 0.0728. The molecular formula is C13H14BN3O4S3. The van der Waals surface area contributed by atoms with Gasteiger partial charge < -0.3 is 20.5 Å². The molecule has 0 spiro atoms. The van der Waals surface area contributed by atoms with Crippen LogP contribution in [0.15, 0.2) is 27.9 Å². The summed E-state index contributed by atoms with van der Waals surface area (Å²) < 4.78 is 18.1. The molecule has 126 valence electrons. The lowest BCUT2D eigenvalue weighted by Gasteiger charge is -2.28. The number of thioether (sulfide) groups is 1. The Balaban J connectivity index is 1.94. The summed E-state index contributed by atoms with van der Waals surface area (Å²) in [5, 5.41) is 27.9. The topological polar surface area (TPSA) is 119 Å². The Bertz CT molecular complexity index is 829. The van der Waals surface area contributed by atoms with Crippen LogP contribution in [0.5, 0.6) is 5.75 Å². The zero-order valence-electron chi connectivity index (χ0n) is 12.6. The lowest BCUT2D eigenvalue weighted by molar-refractivity contribution is 0.391. The number of nitrogens with zero attached hydrogens (tertiary/aromatic N) is 2. The van der Waals surface area contributed by atoms with E-state index in [1.807, 2.05) is 0 Å². The first-order valence-corrected chi connectivity index (χ1v) is 10.1. The van der Waals surface area contributed by atoms with E-state index in [4.69, 9.17) is 10.4 Å². The van der Waals surface area contributed by atoms with Gasteiger partial charge in [-0.3, -0.25) is 4.21 Å². The third kappa shape index (κ3) is 3.29. The van der Waals surface area contributed by atoms with Crippen molar-refractivity contribution in [3.05, 3.63) is 29.8 Å². The van der Waals surface area contributed by atoms with Crippen LogP contribution in [0.25, 0.3) is 5.76 Å². The summed E-state index contributed by atoms with van der Waals surface area (Å²) in [6.07, 6.45) is 1.99. The van der Waals surface area contributed by atoms with Gasteiger partial charge >= 0.3 is 7.12 Å². The molecule has 0 bridgehead atoms. The maximum Gasteiger partial charge on any atom is 0.537 e. The molecule has 1 aliphatic heterocycles.